The lowest BCUT2D eigenvalue weighted by atomic mass is 9.82. The summed E-state index contributed by atoms with van der Waals surface area (Å²) in [6.45, 7) is 4.53. The Hall–Kier alpha value is -1.44. The van der Waals surface area contributed by atoms with E-state index in [0.717, 1.165) is 18.4 Å². The molecule has 0 radical (unpaired) electrons. The standard InChI is InChI=1S/C18H26O6S/c1-3-4-9-23-18(19)15-12-16(13-15)22-10-11-24-25(20,21)17-7-5-14(2)6-8-17/h5-8,15-16H,3-4,9-13H2,1-2H3. The molecule has 0 atom stereocenters. The molecule has 1 aromatic rings. The fraction of sp³-hybridized carbons (Fsp3) is 0.611. The molecule has 1 aromatic carbocycles. The molecule has 0 aliphatic heterocycles. The van der Waals surface area contributed by atoms with Gasteiger partial charge >= 0.3 is 5.97 Å². The molecular weight excluding hydrogens is 344 g/mol. The van der Waals surface area contributed by atoms with Crippen molar-refractivity contribution in [3.8, 4) is 0 Å². The fourth-order valence-electron chi connectivity index (χ4n) is 2.46. The van der Waals surface area contributed by atoms with Crippen molar-refractivity contribution in [2.75, 3.05) is 19.8 Å². The highest BCUT2D eigenvalue weighted by molar-refractivity contribution is 7.86. The van der Waals surface area contributed by atoms with Gasteiger partial charge in [-0.3, -0.25) is 8.98 Å². The number of carbonyl (C=O) groups excluding carboxylic acids is 1. The maximum atomic E-state index is 12.0. The third-order valence-corrected chi connectivity index (χ3v) is 5.48. The van der Waals surface area contributed by atoms with Gasteiger partial charge in [-0.25, -0.2) is 0 Å². The summed E-state index contributed by atoms with van der Waals surface area (Å²) in [5.41, 5.74) is 0.982. The Kier molecular flexibility index (Phi) is 7.40. The average Bonchev–Trinajstić information content (AvgIpc) is 2.53. The first kappa shape index (κ1) is 19.9. The van der Waals surface area contributed by atoms with Crippen molar-refractivity contribution in [3.05, 3.63) is 29.8 Å². The predicted molar refractivity (Wildman–Crippen MR) is 92.6 cm³/mol. The Morgan fingerprint density at radius 3 is 2.44 bits per heavy atom. The normalized spacial score (nSPS) is 20.1. The van der Waals surface area contributed by atoms with Crippen LogP contribution in [-0.2, 0) is 28.6 Å². The van der Waals surface area contributed by atoms with Gasteiger partial charge in [-0.2, -0.15) is 8.42 Å². The van der Waals surface area contributed by atoms with Crippen LogP contribution in [0.2, 0.25) is 0 Å². The van der Waals surface area contributed by atoms with Crippen molar-refractivity contribution in [3.63, 3.8) is 0 Å². The van der Waals surface area contributed by atoms with E-state index in [0.29, 0.717) is 19.4 Å². The quantitative estimate of drug-likeness (QED) is 0.358. The highest BCUT2D eigenvalue weighted by atomic mass is 32.2. The van der Waals surface area contributed by atoms with Gasteiger partial charge in [0.25, 0.3) is 10.1 Å². The van der Waals surface area contributed by atoms with E-state index in [9.17, 15) is 13.2 Å². The van der Waals surface area contributed by atoms with E-state index in [-0.39, 0.29) is 36.1 Å². The molecule has 2 rings (SSSR count). The Labute approximate surface area is 149 Å². The second kappa shape index (κ2) is 9.31. The van der Waals surface area contributed by atoms with E-state index in [4.69, 9.17) is 13.7 Å². The number of aryl methyl sites for hydroxylation is 1. The van der Waals surface area contributed by atoms with Crippen LogP contribution in [0.25, 0.3) is 0 Å². The number of esters is 1. The van der Waals surface area contributed by atoms with Gasteiger partial charge in [0.15, 0.2) is 0 Å². The number of unbranched alkanes of at least 4 members (excludes halogenated alkanes) is 1. The molecule has 1 aliphatic carbocycles. The van der Waals surface area contributed by atoms with Gasteiger partial charge in [0.05, 0.1) is 36.7 Å². The molecule has 0 heterocycles. The summed E-state index contributed by atoms with van der Waals surface area (Å²) in [4.78, 5) is 11.8. The Bertz CT molecular complexity index is 647. The molecule has 25 heavy (non-hydrogen) atoms. The number of hydrogen-bond donors (Lipinski definition) is 0. The molecule has 0 N–H and O–H groups in total. The van der Waals surface area contributed by atoms with Gasteiger partial charge in [-0.1, -0.05) is 31.0 Å². The summed E-state index contributed by atoms with van der Waals surface area (Å²) in [7, 11) is -3.75. The molecule has 6 nitrogen and oxygen atoms in total. The van der Waals surface area contributed by atoms with E-state index < -0.39 is 10.1 Å². The number of benzene rings is 1. The first-order valence-corrected chi connectivity index (χ1v) is 10.1. The molecule has 1 saturated carbocycles. The van der Waals surface area contributed by atoms with Crippen LogP contribution < -0.4 is 0 Å². The molecule has 0 aromatic heterocycles. The van der Waals surface area contributed by atoms with Crippen LogP contribution in [0.15, 0.2) is 29.2 Å². The zero-order chi connectivity index (χ0) is 18.3. The molecule has 0 saturated heterocycles. The third-order valence-electron chi connectivity index (χ3n) is 4.16. The topological polar surface area (TPSA) is 78.9 Å². The smallest absolute Gasteiger partial charge is 0.309 e. The minimum absolute atomic E-state index is 0.0330. The molecule has 0 bridgehead atoms. The number of hydrogen-bond acceptors (Lipinski definition) is 6. The Morgan fingerprint density at radius 1 is 1.12 bits per heavy atom. The Balaban J connectivity index is 1.61. The minimum atomic E-state index is -3.75. The van der Waals surface area contributed by atoms with E-state index in [1.54, 1.807) is 12.1 Å². The molecule has 1 aliphatic rings. The van der Waals surface area contributed by atoms with Crippen LogP contribution in [0.4, 0.5) is 0 Å². The number of rotatable bonds is 10. The van der Waals surface area contributed by atoms with E-state index >= 15 is 0 Å². The molecule has 1 fully saturated rings. The van der Waals surface area contributed by atoms with Crippen molar-refractivity contribution in [1.82, 2.24) is 0 Å². The lowest BCUT2D eigenvalue weighted by molar-refractivity contribution is -0.158. The highest BCUT2D eigenvalue weighted by Gasteiger charge is 2.36. The van der Waals surface area contributed by atoms with Crippen molar-refractivity contribution in [1.29, 1.82) is 0 Å². The number of ether oxygens (including phenoxy) is 2. The maximum absolute atomic E-state index is 12.0. The average molecular weight is 370 g/mol. The Morgan fingerprint density at radius 2 is 1.80 bits per heavy atom. The second-order valence-electron chi connectivity index (χ2n) is 6.27. The van der Waals surface area contributed by atoms with E-state index in [1.807, 2.05) is 13.8 Å². The molecular formula is C18H26O6S. The van der Waals surface area contributed by atoms with Crippen molar-refractivity contribution in [2.45, 2.75) is 50.5 Å². The van der Waals surface area contributed by atoms with Gasteiger partial charge in [-0.15, -0.1) is 0 Å². The SMILES string of the molecule is CCCCOC(=O)C1CC(OCCOS(=O)(=O)c2ccc(C)cc2)C1. The zero-order valence-corrected chi connectivity index (χ0v) is 15.6. The third kappa shape index (κ3) is 6.09. The van der Waals surface area contributed by atoms with Crippen LogP contribution >= 0.6 is 0 Å². The van der Waals surface area contributed by atoms with Crippen LogP contribution in [-0.4, -0.2) is 40.3 Å². The maximum Gasteiger partial charge on any atom is 0.309 e. The summed E-state index contributed by atoms with van der Waals surface area (Å²) in [5, 5.41) is 0. The summed E-state index contributed by atoms with van der Waals surface area (Å²) in [6, 6.07) is 6.49. The first-order valence-electron chi connectivity index (χ1n) is 8.66. The molecule has 140 valence electrons. The summed E-state index contributed by atoms with van der Waals surface area (Å²) < 4.78 is 39.7. The van der Waals surface area contributed by atoms with Crippen LogP contribution in [0.3, 0.4) is 0 Å². The predicted octanol–water partition coefficient (Wildman–Crippen LogP) is 2.84. The van der Waals surface area contributed by atoms with Crippen LogP contribution in [0.1, 0.15) is 38.2 Å². The lowest BCUT2D eigenvalue weighted by Crippen LogP contribution is -2.38. The van der Waals surface area contributed by atoms with E-state index in [2.05, 4.69) is 0 Å². The summed E-state index contributed by atoms with van der Waals surface area (Å²) in [5.74, 6) is -0.259. The largest absolute Gasteiger partial charge is 0.465 e. The van der Waals surface area contributed by atoms with Crippen molar-refractivity contribution >= 4 is 16.1 Å². The first-order chi connectivity index (χ1) is 11.9. The van der Waals surface area contributed by atoms with Crippen LogP contribution in [0.5, 0.6) is 0 Å². The van der Waals surface area contributed by atoms with Crippen molar-refractivity contribution < 1.29 is 26.9 Å². The molecule has 0 amide bonds. The fourth-order valence-corrected chi connectivity index (χ4v) is 3.35. The number of carbonyl (C=O) groups is 1. The van der Waals surface area contributed by atoms with Crippen LogP contribution in [0, 0.1) is 12.8 Å². The molecule has 7 heteroatoms. The zero-order valence-electron chi connectivity index (χ0n) is 14.8. The van der Waals surface area contributed by atoms with Crippen molar-refractivity contribution in [2.24, 2.45) is 5.92 Å². The van der Waals surface area contributed by atoms with Gasteiger partial charge in [0, 0.05) is 0 Å². The summed E-state index contributed by atoms with van der Waals surface area (Å²) in [6.07, 6.45) is 3.08. The van der Waals surface area contributed by atoms with Gasteiger partial charge in [-0.05, 0) is 38.3 Å². The lowest BCUT2D eigenvalue weighted by Gasteiger charge is -2.33. The second-order valence-corrected chi connectivity index (χ2v) is 7.89. The molecule has 0 unspecified atom stereocenters. The van der Waals surface area contributed by atoms with Gasteiger partial charge in [0.1, 0.15) is 0 Å². The van der Waals surface area contributed by atoms with E-state index in [1.165, 1.54) is 12.1 Å². The minimum Gasteiger partial charge on any atom is -0.465 e. The highest BCUT2D eigenvalue weighted by Crippen LogP contribution is 2.31. The van der Waals surface area contributed by atoms with Gasteiger partial charge in [0.2, 0.25) is 0 Å². The monoisotopic (exact) mass is 370 g/mol. The molecule has 0 spiro atoms. The summed E-state index contributed by atoms with van der Waals surface area (Å²) >= 11 is 0. The van der Waals surface area contributed by atoms with Gasteiger partial charge < -0.3 is 9.47 Å².